The monoisotopic (exact) mass is 190 g/mol. The first kappa shape index (κ1) is 10.6. The maximum Gasteiger partial charge on any atom is 0.0991 e. The molecule has 1 atom stereocenters. The molecule has 0 saturated heterocycles. The molecule has 0 aliphatic heterocycles. The maximum atomic E-state index is 9.09. The van der Waals surface area contributed by atoms with E-state index in [0.29, 0.717) is 12.1 Å². The van der Waals surface area contributed by atoms with Gasteiger partial charge in [-0.25, -0.2) is 0 Å². The SMILES string of the molecule is Cc1cc(C#N)ccc1NCC(C)O. The van der Waals surface area contributed by atoms with Gasteiger partial charge >= 0.3 is 0 Å². The third-order valence-corrected chi connectivity index (χ3v) is 1.94. The molecule has 0 aliphatic rings. The largest absolute Gasteiger partial charge is 0.392 e. The Morgan fingerprint density at radius 3 is 2.79 bits per heavy atom. The predicted octanol–water partition coefficient (Wildman–Crippen LogP) is 1.66. The molecule has 0 saturated carbocycles. The number of aliphatic hydroxyl groups excluding tert-OH is 1. The Morgan fingerprint density at radius 2 is 2.29 bits per heavy atom. The fourth-order valence-corrected chi connectivity index (χ4v) is 1.19. The lowest BCUT2D eigenvalue weighted by atomic mass is 10.1. The van der Waals surface area contributed by atoms with E-state index in [0.717, 1.165) is 11.3 Å². The van der Waals surface area contributed by atoms with E-state index in [4.69, 9.17) is 10.4 Å². The number of aryl methyl sites for hydroxylation is 1. The summed E-state index contributed by atoms with van der Waals surface area (Å²) in [6.45, 7) is 4.18. The summed E-state index contributed by atoms with van der Waals surface area (Å²) in [4.78, 5) is 0. The molecule has 0 spiro atoms. The molecule has 1 aromatic rings. The topological polar surface area (TPSA) is 56.0 Å². The number of hydrogen-bond donors (Lipinski definition) is 2. The smallest absolute Gasteiger partial charge is 0.0991 e. The second-order valence-electron chi connectivity index (χ2n) is 3.37. The highest BCUT2D eigenvalue weighted by molar-refractivity contribution is 5.54. The van der Waals surface area contributed by atoms with Crippen LogP contribution in [-0.2, 0) is 0 Å². The molecule has 3 heteroatoms. The molecule has 1 aromatic carbocycles. The molecular weight excluding hydrogens is 176 g/mol. The molecule has 1 rings (SSSR count). The van der Waals surface area contributed by atoms with Gasteiger partial charge in [0.15, 0.2) is 0 Å². The number of nitrogens with zero attached hydrogens (tertiary/aromatic N) is 1. The van der Waals surface area contributed by atoms with Crippen molar-refractivity contribution in [2.24, 2.45) is 0 Å². The average molecular weight is 190 g/mol. The number of aliphatic hydroxyl groups is 1. The zero-order chi connectivity index (χ0) is 10.6. The molecule has 1 unspecified atom stereocenters. The van der Waals surface area contributed by atoms with E-state index < -0.39 is 0 Å². The van der Waals surface area contributed by atoms with Crippen molar-refractivity contribution < 1.29 is 5.11 Å². The normalized spacial score (nSPS) is 11.9. The molecule has 14 heavy (non-hydrogen) atoms. The van der Waals surface area contributed by atoms with Gasteiger partial charge in [0.1, 0.15) is 0 Å². The summed E-state index contributed by atoms with van der Waals surface area (Å²) in [5, 5.41) is 20.9. The van der Waals surface area contributed by atoms with Crippen molar-refractivity contribution in [2.75, 3.05) is 11.9 Å². The van der Waals surface area contributed by atoms with Crippen molar-refractivity contribution in [3.63, 3.8) is 0 Å². The van der Waals surface area contributed by atoms with Crippen LogP contribution in [0.15, 0.2) is 18.2 Å². The van der Waals surface area contributed by atoms with Crippen LogP contribution in [0.1, 0.15) is 18.1 Å². The fourth-order valence-electron chi connectivity index (χ4n) is 1.19. The molecule has 0 heterocycles. The summed E-state index contributed by atoms with van der Waals surface area (Å²) in [7, 11) is 0. The Balaban J connectivity index is 2.75. The number of rotatable bonds is 3. The van der Waals surface area contributed by atoms with Crippen molar-refractivity contribution in [3.05, 3.63) is 29.3 Å². The Labute approximate surface area is 84.0 Å². The van der Waals surface area contributed by atoms with Gasteiger partial charge in [-0.05, 0) is 37.6 Å². The Hall–Kier alpha value is -1.53. The highest BCUT2D eigenvalue weighted by atomic mass is 16.3. The number of nitriles is 1. The lowest BCUT2D eigenvalue weighted by Crippen LogP contribution is -2.15. The molecule has 0 aliphatic carbocycles. The summed E-state index contributed by atoms with van der Waals surface area (Å²) in [5.74, 6) is 0. The van der Waals surface area contributed by atoms with E-state index in [-0.39, 0.29) is 6.10 Å². The van der Waals surface area contributed by atoms with Gasteiger partial charge < -0.3 is 10.4 Å². The highest BCUT2D eigenvalue weighted by Gasteiger charge is 2.00. The van der Waals surface area contributed by atoms with E-state index in [2.05, 4.69) is 11.4 Å². The summed E-state index contributed by atoms with van der Waals surface area (Å²) in [6, 6.07) is 7.53. The van der Waals surface area contributed by atoms with Gasteiger partial charge in [0.05, 0.1) is 17.7 Å². The molecule has 74 valence electrons. The molecular formula is C11H14N2O. The van der Waals surface area contributed by atoms with Gasteiger partial charge in [-0.3, -0.25) is 0 Å². The van der Waals surface area contributed by atoms with Crippen molar-refractivity contribution >= 4 is 5.69 Å². The molecule has 0 bridgehead atoms. The van der Waals surface area contributed by atoms with Crippen LogP contribution in [0, 0.1) is 18.3 Å². The zero-order valence-corrected chi connectivity index (χ0v) is 8.41. The summed E-state index contributed by atoms with van der Waals surface area (Å²) in [5.41, 5.74) is 2.64. The van der Waals surface area contributed by atoms with Crippen LogP contribution in [0.3, 0.4) is 0 Å². The Bertz CT molecular complexity index is 353. The van der Waals surface area contributed by atoms with Crippen molar-refractivity contribution in [3.8, 4) is 6.07 Å². The van der Waals surface area contributed by atoms with Crippen molar-refractivity contribution in [2.45, 2.75) is 20.0 Å². The summed E-state index contributed by atoms with van der Waals surface area (Å²) >= 11 is 0. The van der Waals surface area contributed by atoms with Crippen LogP contribution >= 0.6 is 0 Å². The van der Waals surface area contributed by atoms with Crippen LogP contribution in [0.2, 0.25) is 0 Å². The maximum absolute atomic E-state index is 9.09. The fraction of sp³-hybridized carbons (Fsp3) is 0.364. The summed E-state index contributed by atoms with van der Waals surface area (Å²) in [6.07, 6.45) is -0.370. The Morgan fingerprint density at radius 1 is 1.57 bits per heavy atom. The predicted molar refractivity (Wildman–Crippen MR) is 56.1 cm³/mol. The minimum Gasteiger partial charge on any atom is -0.392 e. The molecule has 0 amide bonds. The third kappa shape index (κ3) is 2.75. The summed E-state index contributed by atoms with van der Waals surface area (Å²) < 4.78 is 0. The van der Waals surface area contributed by atoms with Crippen molar-refractivity contribution in [1.29, 1.82) is 5.26 Å². The first-order valence-corrected chi connectivity index (χ1v) is 4.56. The minimum atomic E-state index is -0.370. The van der Waals surface area contributed by atoms with Crippen molar-refractivity contribution in [1.82, 2.24) is 0 Å². The van der Waals surface area contributed by atoms with Crippen LogP contribution in [0.5, 0.6) is 0 Å². The molecule has 2 N–H and O–H groups in total. The van der Waals surface area contributed by atoms with E-state index in [1.165, 1.54) is 0 Å². The molecule has 0 fully saturated rings. The van der Waals surface area contributed by atoms with Crippen LogP contribution < -0.4 is 5.32 Å². The van der Waals surface area contributed by atoms with Gasteiger partial charge in [0.25, 0.3) is 0 Å². The third-order valence-electron chi connectivity index (χ3n) is 1.94. The first-order chi connectivity index (χ1) is 6.63. The van der Waals surface area contributed by atoms with Crippen LogP contribution in [0.4, 0.5) is 5.69 Å². The van der Waals surface area contributed by atoms with Gasteiger partial charge in [-0.2, -0.15) is 5.26 Å². The van der Waals surface area contributed by atoms with E-state index >= 15 is 0 Å². The molecule has 0 radical (unpaired) electrons. The Kier molecular flexibility index (Phi) is 3.49. The van der Waals surface area contributed by atoms with Gasteiger partial charge in [0, 0.05) is 12.2 Å². The lowest BCUT2D eigenvalue weighted by molar-refractivity contribution is 0.208. The number of benzene rings is 1. The van der Waals surface area contributed by atoms with Gasteiger partial charge in [-0.15, -0.1) is 0 Å². The molecule has 3 nitrogen and oxygen atoms in total. The number of anilines is 1. The molecule has 0 aromatic heterocycles. The average Bonchev–Trinajstić information content (AvgIpc) is 2.15. The highest BCUT2D eigenvalue weighted by Crippen LogP contribution is 2.15. The first-order valence-electron chi connectivity index (χ1n) is 4.56. The van der Waals surface area contributed by atoms with E-state index in [9.17, 15) is 0 Å². The lowest BCUT2D eigenvalue weighted by Gasteiger charge is -2.10. The second kappa shape index (κ2) is 4.64. The number of nitrogens with one attached hydrogen (secondary N) is 1. The van der Waals surface area contributed by atoms with Gasteiger partial charge in [0.2, 0.25) is 0 Å². The quantitative estimate of drug-likeness (QED) is 0.762. The van der Waals surface area contributed by atoms with E-state index in [1.807, 2.05) is 19.1 Å². The number of hydrogen-bond acceptors (Lipinski definition) is 3. The van der Waals surface area contributed by atoms with E-state index in [1.54, 1.807) is 13.0 Å². The minimum absolute atomic E-state index is 0.370. The standard InChI is InChI=1S/C11H14N2O/c1-8-5-10(6-12)3-4-11(8)13-7-9(2)14/h3-5,9,13-14H,7H2,1-2H3. The van der Waals surface area contributed by atoms with Gasteiger partial charge in [-0.1, -0.05) is 0 Å². The second-order valence-corrected chi connectivity index (χ2v) is 3.37. The van der Waals surface area contributed by atoms with Crippen LogP contribution in [-0.4, -0.2) is 17.8 Å². The van der Waals surface area contributed by atoms with Crippen LogP contribution in [0.25, 0.3) is 0 Å². The zero-order valence-electron chi connectivity index (χ0n) is 8.41.